The van der Waals surface area contributed by atoms with E-state index in [2.05, 4.69) is 72.1 Å². The first-order chi connectivity index (χ1) is 10.5. The van der Waals surface area contributed by atoms with Crippen molar-refractivity contribution in [3.05, 3.63) is 47.8 Å². The topological polar surface area (TPSA) is 41.1 Å². The molecule has 0 aliphatic rings. The van der Waals surface area contributed by atoms with Gasteiger partial charge in [0.1, 0.15) is 17.5 Å². The molecule has 0 aliphatic carbocycles. The third-order valence-electron chi connectivity index (χ3n) is 3.37. The minimum absolute atomic E-state index is 0.351. The van der Waals surface area contributed by atoms with Gasteiger partial charge in [0.15, 0.2) is 0 Å². The zero-order valence-electron chi connectivity index (χ0n) is 14.2. The van der Waals surface area contributed by atoms with Crippen molar-refractivity contribution in [1.29, 1.82) is 0 Å². The lowest BCUT2D eigenvalue weighted by atomic mass is 10.2. The number of aryl methyl sites for hydroxylation is 1. The number of aromatic nitrogens is 2. The number of nitrogens with zero attached hydrogens (tertiary/aromatic N) is 3. The van der Waals surface area contributed by atoms with Crippen molar-refractivity contribution in [2.75, 3.05) is 10.2 Å². The van der Waals surface area contributed by atoms with Crippen LogP contribution in [0, 0.1) is 6.92 Å². The van der Waals surface area contributed by atoms with E-state index in [-0.39, 0.29) is 0 Å². The second-order valence-electron chi connectivity index (χ2n) is 6.16. The summed E-state index contributed by atoms with van der Waals surface area (Å²) >= 11 is 0. The van der Waals surface area contributed by atoms with Crippen LogP contribution in [0.2, 0.25) is 0 Å². The van der Waals surface area contributed by atoms with Crippen LogP contribution in [0.4, 0.5) is 11.6 Å². The van der Waals surface area contributed by atoms with Crippen molar-refractivity contribution in [3.63, 3.8) is 0 Å². The fourth-order valence-corrected chi connectivity index (χ4v) is 2.38. The summed E-state index contributed by atoms with van der Waals surface area (Å²) < 4.78 is 0. The lowest BCUT2D eigenvalue weighted by Gasteiger charge is -2.28. The van der Waals surface area contributed by atoms with Crippen LogP contribution in [0.25, 0.3) is 0 Å². The Labute approximate surface area is 133 Å². The van der Waals surface area contributed by atoms with Crippen LogP contribution in [-0.2, 0) is 6.54 Å². The smallest absolute Gasteiger partial charge is 0.134 e. The first-order valence-corrected chi connectivity index (χ1v) is 7.88. The van der Waals surface area contributed by atoms with E-state index in [1.165, 1.54) is 5.56 Å². The Morgan fingerprint density at radius 2 is 1.73 bits per heavy atom. The molecule has 1 aromatic carbocycles. The van der Waals surface area contributed by atoms with Crippen LogP contribution >= 0.6 is 0 Å². The molecule has 0 atom stereocenters. The molecule has 0 amide bonds. The maximum Gasteiger partial charge on any atom is 0.134 e. The maximum absolute atomic E-state index is 4.63. The Bertz CT molecular complexity index is 593. The second kappa shape index (κ2) is 7.25. The molecular weight excluding hydrogens is 272 g/mol. The number of anilines is 2. The standard InChI is InChI=1S/C18H26N4/c1-13(2)19-17-11-18(21-15(5)20-17)22(14(3)4)12-16-9-7-6-8-10-16/h6-11,13-14H,12H2,1-5H3,(H,19,20,21). The van der Waals surface area contributed by atoms with Crippen molar-refractivity contribution in [2.24, 2.45) is 0 Å². The summed E-state index contributed by atoms with van der Waals surface area (Å²) in [7, 11) is 0. The van der Waals surface area contributed by atoms with Gasteiger partial charge in [-0.05, 0) is 40.2 Å². The molecule has 0 saturated carbocycles. The van der Waals surface area contributed by atoms with Crippen LogP contribution in [0.3, 0.4) is 0 Å². The lowest BCUT2D eigenvalue weighted by molar-refractivity contribution is 0.669. The minimum atomic E-state index is 0.351. The van der Waals surface area contributed by atoms with E-state index >= 15 is 0 Å². The highest BCUT2D eigenvalue weighted by molar-refractivity contribution is 5.50. The van der Waals surface area contributed by atoms with Crippen LogP contribution in [0.5, 0.6) is 0 Å². The molecule has 1 heterocycles. The highest BCUT2D eigenvalue weighted by Gasteiger charge is 2.14. The first-order valence-electron chi connectivity index (χ1n) is 7.88. The summed E-state index contributed by atoms with van der Waals surface area (Å²) in [6.07, 6.45) is 0. The van der Waals surface area contributed by atoms with E-state index in [4.69, 9.17) is 0 Å². The molecule has 0 unspecified atom stereocenters. The number of benzene rings is 1. The fourth-order valence-electron chi connectivity index (χ4n) is 2.38. The molecule has 0 spiro atoms. The van der Waals surface area contributed by atoms with E-state index in [0.717, 1.165) is 24.0 Å². The van der Waals surface area contributed by atoms with Crippen molar-refractivity contribution >= 4 is 11.6 Å². The van der Waals surface area contributed by atoms with Gasteiger partial charge in [0.2, 0.25) is 0 Å². The predicted molar refractivity (Wildman–Crippen MR) is 93.3 cm³/mol. The van der Waals surface area contributed by atoms with Gasteiger partial charge in [0.25, 0.3) is 0 Å². The molecule has 1 aromatic heterocycles. The van der Waals surface area contributed by atoms with Crippen LogP contribution in [0.15, 0.2) is 36.4 Å². The number of rotatable bonds is 6. The van der Waals surface area contributed by atoms with Crippen LogP contribution in [-0.4, -0.2) is 22.1 Å². The summed E-state index contributed by atoms with van der Waals surface area (Å²) in [6.45, 7) is 11.4. The average Bonchev–Trinajstić information content (AvgIpc) is 2.44. The fraction of sp³-hybridized carbons (Fsp3) is 0.444. The molecule has 4 heteroatoms. The Hall–Kier alpha value is -2.10. The number of hydrogen-bond acceptors (Lipinski definition) is 4. The van der Waals surface area contributed by atoms with Gasteiger partial charge >= 0.3 is 0 Å². The SMILES string of the molecule is Cc1nc(NC(C)C)cc(N(Cc2ccccc2)C(C)C)n1. The maximum atomic E-state index is 4.63. The molecule has 22 heavy (non-hydrogen) atoms. The van der Waals surface area contributed by atoms with Crippen molar-refractivity contribution in [3.8, 4) is 0 Å². The van der Waals surface area contributed by atoms with Gasteiger partial charge in [0, 0.05) is 24.7 Å². The van der Waals surface area contributed by atoms with E-state index in [0.29, 0.717) is 12.1 Å². The van der Waals surface area contributed by atoms with Gasteiger partial charge in [-0.25, -0.2) is 9.97 Å². The van der Waals surface area contributed by atoms with E-state index in [9.17, 15) is 0 Å². The van der Waals surface area contributed by atoms with Crippen LogP contribution < -0.4 is 10.2 Å². The van der Waals surface area contributed by atoms with Gasteiger partial charge < -0.3 is 10.2 Å². The van der Waals surface area contributed by atoms with Gasteiger partial charge in [-0.1, -0.05) is 30.3 Å². The van der Waals surface area contributed by atoms with E-state index < -0.39 is 0 Å². The Morgan fingerprint density at radius 3 is 2.32 bits per heavy atom. The van der Waals surface area contributed by atoms with Gasteiger partial charge in [-0.15, -0.1) is 0 Å². The molecule has 4 nitrogen and oxygen atoms in total. The minimum Gasteiger partial charge on any atom is -0.368 e. The summed E-state index contributed by atoms with van der Waals surface area (Å²) in [4.78, 5) is 11.4. The van der Waals surface area contributed by atoms with Gasteiger partial charge in [-0.3, -0.25) is 0 Å². The molecule has 0 saturated heterocycles. The molecule has 2 rings (SSSR count). The normalized spacial score (nSPS) is 11.0. The summed E-state index contributed by atoms with van der Waals surface area (Å²) in [5.41, 5.74) is 1.28. The lowest BCUT2D eigenvalue weighted by Crippen LogP contribution is -2.31. The van der Waals surface area contributed by atoms with Crippen LogP contribution in [0.1, 0.15) is 39.1 Å². The average molecular weight is 298 g/mol. The van der Waals surface area contributed by atoms with E-state index in [1.54, 1.807) is 0 Å². The first kappa shape index (κ1) is 16.3. The molecule has 1 N–H and O–H groups in total. The van der Waals surface area contributed by atoms with Gasteiger partial charge in [0.05, 0.1) is 0 Å². The summed E-state index contributed by atoms with van der Waals surface area (Å²) in [5, 5.41) is 3.37. The largest absolute Gasteiger partial charge is 0.368 e. The monoisotopic (exact) mass is 298 g/mol. The molecule has 0 aliphatic heterocycles. The summed E-state index contributed by atoms with van der Waals surface area (Å²) in [6, 6.07) is 13.2. The number of hydrogen-bond donors (Lipinski definition) is 1. The Balaban J connectivity index is 2.30. The van der Waals surface area contributed by atoms with Crippen molar-refractivity contribution in [2.45, 2.75) is 53.2 Å². The highest BCUT2D eigenvalue weighted by atomic mass is 15.2. The quantitative estimate of drug-likeness (QED) is 0.874. The molecule has 0 bridgehead atoms. The molecule has 118 valence electrons. The van der Waals surface area contributed by atoms with Crippen molar-refractivity contribution < 1.29 is 0 Å². The third-order valence-corrected chi connectivity index (χ3v) is 3.37. The molecular formula is C18H26N4. The molecule has 0 fully saturated rings. The Kier molecular flexibility index (Phi) is 5.36. The molecule has 0 radical (unpaired) electrons. The Morgan fingerprint density at radius 1 is 1.05 bits per heavy atom. The highest BCUT2D eigenvalue weighted by Crippen LogP contribution is 2.21. The second-order valence-corrected chi connectivity index (χ2v) is 6.16. The third kappa shape index (κ3) is 4.45. The molecule has 2 aromatic rings. The van der Waals surface area contributed by atoms with E-state index in [1.807, 2.05) is 19.1 Å². The van der Waals surface area contributed by atoms with Crippen molar-refractivity contribution in [1.82, 2.24) is 9.97 Å². The predicted octanol–water partition coefficient (Wildman–Crippen LogP) is 4.02. The zero-order valence-corrected chi connectivity index (χ0v) is 14.2. The zero-order chi connectivity index (χ0) is 16.1. The summed E-state index contributed by atoms with van der Waals surface area (Å²) in [5.74, 6) is 2.64. The number of nitrogens with one attached hydrogen (secondary N) is 1. The van der Waals surface area contributed by atoms with Gasteiger partial charge in [-0.2, -0.15) is 0 Å².